The van der Waals surface area contributed by atoms with Gasteiger partial charge in [0.05, 0.1) is 11.6 Å². The second-order valence-corrected chi connectivity index (χ2v) is 11.6. The van der Waals surface area contributed by atoms with E-state index in [2.05, 4.69) is 4.74 Å². The van der Waals surface area contributed by atoms with Gasteiger partial charge in [-0.2, -0.15) is 0 Å². The molecule has 0 aromatic heterocycles. The predicted molar refractivity (Wildman–Crippen MR) is 151 cm³/mol. The van der Waals surface area contributed by atoms with E-state index in [9.17, 15) is 48.0 Å². The molecule has 2 aromatic carbocycles. The number of benzene rings is 2. The number of ketones is 2. The number of aromatic hydroxyl groups is 1. The zero-order valence-electron chi connectivity index (χ0n) is 24.1. The number of halogens is 3. The van der Waals surface area contributed by atoms with Crippen LogP contribution in [0.2, 0.25) is 0 Å². The van der Waals surface area contributed by atoms with Crippen molar-refractivity contribution in [2.45, 2.75) is 30.8 Å². The van der Waals surface area contributed by atoms with Crippen LogP contribution in [0.5, 0.6) is 11.5 Å². The average molecular weight is 618 g/mol. The van der Waals surface area contributed by atoms with Crippen molar-refractivity contribution in [3.05, 3.63) is 58.4 Å². The fraction of sp³-hybridized carbons (Fsp3) is 0.367. The zero-order chi connectivity index (χ0) is 32.6. The molecule has 234 valence electrons. The van der Waals surface area contributed by atoms with Gasteiger partial charge < -0.3 is 35.8 Å². The number of nitrogens with two attached hydrogens (primary N) is 1. The molecular formula is C30H30F3N3O8. The monoisotopic (exact) mass is 617 g/mol. The first-order valence-electron chi connectivity index (χ1n) is 13.5. The number of phenols is 1. The molecule has 0 aliphatic heterocycles. The Morgan fingerprint density at radius 3 is 2.20 bits per heavy atom. The van der Waals surface area contributed by atoms with Gasteiger partial charge in [0.1, 0.15) is 28.6 Å². The molecule has 1 saturated carbocycles. The quantitative estimate of drug-likeness (QED) is 0.314. The van der Waals surface area contributed by atoms with Crippen molar-refractivity contribution in [3.63, 3.8) is 0 Å². The highest BCUT2D eigenvalue weighted by atomic mass is 19.4. The van der Waals surface area contributed by atoms with Crippen molar-refractivity contribution in [2.75, 3.05) is 33.1 Å². The summed E-state index contributed by atoms with van der Waals surface area (Å²) in [5, 5.41) is 45.8. The summed E-state index contributed by atoms with van der Waals surface area (Å²) in [5.41, 5.74) is 2.55. The maximum Gasteiger partial charge on any atom is 0.573 e. The van der Waals surface area contributed by atoms with E-state index in [4.69, 9.17) is 5.73 Å². The fourth-order valence-electron chi connectivity index (χ4n) is 6.75. The second kappa shape index (κ2) is 10.3. The number of phenolic OH excluding ortho intramolecular Hbond substituents is 1. The van der Waals surface area contributed by atoms with Crippen molar-refractivity contribution in [3.8, 4) is 22.6 Å². The third-order valence-corrected chi connectivity index (χ3v) is 8.58. The zero-order valence-corrected chi connectivity index (χ0v) is 24.1. The summed E-state index contributed by atoms with van der Waals surface area (Å²) in [5.74, 6) is -8.15. The van der Waals surface area contributed by atoms with Crippen LogP contribution in [0.3, 0.4) is 0 Å². The summed E-state index contributed by atoms with van der Waals surface area (Å²) in [6.45, 7) is 0. The molecule has 1 fully saturated rings. The third kappa shape index (κ3) is 4.56. The van der Waals surface area contributed by atoms with E-state index in [0.29, 0.717) is 11.3 Å². The number of amides is 1. The van der Waals surface area contributed by atoms with Crippen molar-refractivity contribution in [2.24, 2.45) is 17.6 Å². The minimum Gasteiger partial charge on any atom is -0.508 e. The van der Waals surface area contributed by atoms with Gasteiger partial charge in [-0.15, -0.1) is 13.2 Å². The lowest BCUT2D eigenvalue weighted by Crippen LogP contribution is -2.65. The number of carbonyl (C=O) groups excluding carboxylic acids is 3. The van der Waals surface area contributed by atoms with Crippen molar-refractivity contribution in [1.29, 1.82) is 0 Å². The van der Waals surface area contributed by atoms with Gasteiger partial charge in [-0.25, -0.2) is 0 Å². The van der Waals surface area contributed by atoms with Gasteiger partial charge >= 0.3 is 6.36 Å². The Labute approximate surface area is 249 Å². The van der Waals surface area contributed by atoms with E-state index in [1.165, 1.54) is 31.1 Å². The highest BCUT2D eigenvalue weighted by molar-refractivity contribution is 6.24. The lowest BCUT2D eigenvalue weighted by Gasteiger charge is -2.50. The number of aliphatic hydroxyl groups excluding tert-OH is 2. The maximum absolute atomic E-state index is 14.1. The summed E-state index contributed by atoms with van der Waals surface area (Å²) in [6.07, 6.45) is -4.90. The first-order chi connectivity index (χ1) is 20.4. The topological polar surface area (TPSA) is 174 Å². The van der Waals surface area contributed by atoms with E-state index in [0.717, 1.165) is 12.1 Å². The van der Waals surface area contributed by atoms with Crippen molar-refractivity contribution in [1.82, 2.24) is 4.90 Å². The molecule has 1 amide bonds. The minimum absolute atomic E-state index is 0.0676. The van der Waals surface area contributed by atoms with Crippen LogP contribution in [0, 0.1) is 11.8 Å². The van der Waals surface area contributed by atoms with Crippen LogP contribution in [0.1, 0.15) is 17.5 Å². The van der Waals surface area contributed by atoms with E-state index in [1.54, 1.807) is 25.1 Å². The number of rotatable bonds is 5. The number of hydrogen-bond donors (Lipinski definition) is 5. The molecule has 11 nitrogen and oxygen atoms in total. The second-order valence-electron chi connectivity index (χ2n) is 11.6. The number of Topliss-reactive ketones (excluding diaryl/α,β-unsaturated/α-hetero) is 2. The highest BCUT2D eigenvalue weighted by Gasteiger charge is 2.64. The van der Waals surface area contributed by atoms with Crippen LogP contribution in [0.25, 0.3) is 16.9 Å². The van der Waals surface area contributed by atoms with Crippen LogP contribution in [0.4, 0.5) is 18.9 Å². The molecule has 0 heterocycles. The molecule has 2 aromatic rings. The molecule has 44 heavy (non-hydrogen) atoms. The van der Waals surface area contributed by atoms with Crippen LogP contribution in [0.15, 0.2) is 47.2 Å². The third-order valence-electron chi connectivity index (χ3n) is 8.58. The summed E-state index contributed by atoms with van der Waals surface area (Å²) in [6, 6.07) is 5.07. The van der Waals surface area contributed by atoms with Crippen LogP contribution >= 0.6 is 0 Å². The number of aliphatic hydroxyl groups is 3. The van der Waals surface area contributed by atoms with Gasteiger partial charge in [0.2, 0.25) is 5.78 Å². The molecule has 6 N–H and O–H groups in total. The van der Waals surface area contributed by atoms with E-state index in [1.807, 2.05) is 0 Å². The van der Waals surface area contributed by atoms with Gasteiger partial charge in [0, 0.05) is 36.8 Å². The number of likely N-dealkylation sites (N-methyl/N-ethyl adjacent to an activating group) is 1. The first kappa shape index (κ1) is 30.9. The summed E-state index contributed by atoms with van der Waals surface area (Å²) in [7, 11) is 6.43. The Morgan fingerprint density at radius 1 is 1.07 bits per heavy atom. The number of carbonyl (C=O) groups is 3. The van der Waals surface area contributed by atoms with Gasteiger partial charge in [-0.1, -0.05) is 12.1 Å². The Kier molecular flexibility index (Phi) is 7.21. The van der Waals surface area contributed by atoms with E-state index >= 15 is 0 Å². The van der Waals surface area contributed by atoms with Gasteiger partial charge in [0.25, 0.3) is 5.91 Å². The normalized spacial score (nSPS) is 25.1. The van der Waals surface area contributed by atoms with Crippen LogP contribution < -0.4 is 15.4 Å². The Hall–Kier alpha value is -4.56. The molecule has 1 unspecified atom stereocenters. The number of fused-ring (bicyclic) bond motifs is 3. The molecule has 0 saturated heterocycles. The first-order valence-corrected chi connectivity index (χ1v) is 13.5. The van der Waals surface area contributed by atoms with E-state index < -0.39 is 75.9 Å². The highest BCUT2D eigenvalue weighted by Crippen LogP contribution is 2.55. The Bertz CT molecular complexity index is 1660. The van der Waals surface area contributed by atoms with Crippen molar-refractivity contribution < 1.29 is 52.7 Å². The smallest absolute Gasteiger partial charge is 0.508 e. The molecular weight excluding hydrogens is 587 g/mol. The van der Waals surface area contributed by atoms with Gasteiger partial charge in [0.15, 0.2) is 11.4 Å². The maximum atomic E-state index is 14.1. The van der Waals surface area contributed by atoms with Crippen LogP contribution in [-0.4, -0.2) is 89.0 Å². The molecule has 0 bridgehead atoms. The largest absolute Gasteiger partial charge is 0.573 e. The van der Waals surface area contributed by atoms with Crippen LogP contribution in [-0.2, 0) is 20.8 Å². The summed E-state index contributed by atoms with van der Waals surface area (Å²) in [4.78, 5) is 42.6. The lowest BCUT2D eigenvalue weighted by molar-refractivity contribution is -0.274. The number of primary amides is 1. The molecule has 14 heteroatoms. The predicted octanol–water partition coefficient (Wildman–Crippen LogP) is 2.60. The average Bonchev–Trinajstić information content (AvgIpc) is 2.90. The standard InChI is InChI=1S/C30H30F3N3O8/c1-35(2)18-11-15(12-5-7-14(8-6-12)44-30(31,32)33)23(37)20-16(18)9-13-10-17-22(36(3)4)25(39)21(28(34)42)27(41)29(17,43)26(40)19(13)24(20)38/h5-8,11,13,17,22,37-38,41,43H,9-10H2,1-4H3,(H2,34,42)/t13-,17-,22?,29-/m1/s1. The number of alkyl halides is 3. The molecule has 0 spiro atoms. The van der Waals surface area contributed by atoms with Gasteiger partial charge in [-0.05, 0) is 62.2 Å². The SMILES string of the molecule is CN(C)c1cc(-c2ccc(OC(F)(F)F)cc2)c(O)c2c1C[C@@H]1C[C@@H]3C(N(C)C)C(=O)C(C(N)=O)=C(O)[C@]3(O)C(=O)C1=C2O. The Morgan fingerprint density at radius 2 is 1.68 bits per heavy atom. The number of hydrogen-bond acceptors (Lipinski definition) is 10. The number of ether oxygens (including phenoxy) is 1. The van der Waals surface area contributed by atoms with E-state index in [-0.39, 0.29) is 35.1 Å². The molecule has 4 atom stereocenters. The number of nitrogens with zero attached hydrogens (tertiary/aromatic N) is 2. The molecule has 5 rings (SSSR count). The number of anilines is 1. The molecule has 0 radical (unpaired) electrons. The molecule has 3 aliphatic rings. The van der Waals surface area contributed by atoms with Gasteiger partial charge in [-0.3, -0.25) is 19.3 Å². The summed E-state index contributed by atoms with van der Waals surface area (Å²) >= 11 is 0. The summed E-state index contributed by atoms with van der Waals surface area (Å²) < 4.78 is 41.9. The molecule has 3 aliphatic carbocycles. The minimum atomic E-state index is -4.91. The lowest BCUT2D eigenvalue weighted by atomic mass is 9.57. The fourth-order valence-corrected chi connectivity index (χ4v) is 6.75. The Balaban J connectivity index is 1.71. The van der Waals surface area contributed by atoms with Crippen molar-refractivity contribution >= 4 is 28.9 Å².